The van der Waals surface area contributed by atoms with Gasteiger partial charge in [0.2, 0.25) is 0 Å². The molecular formula is C7H9ClNNaO. The molecule has 11 heavy (non-hydrogen) atoms. The quantitative estimate of drug-likeness (QED) is 0.349. The van der Waals surface area contributed by atoms with Gasteiger partial charge in [0.15, 0.2) is 0 Å². The van der Waals surface area contributed by atoms with Crippen LogP contribution in [0.1, 0.15) is 0 Å². The van der Waals surface area contributed by atoms with E-state index in [9.17, 15) is 0 Å². The van der Waals surface area contributed by atoms with Crippen molar-refractivity contribution in [2.75, 3.05) is 12.8 Å². The van der Waals surface area contributed by atoms with Crippen molar-refractivity contribution >= 4 is 5.69 Å². The van der Waals surface area contributed by atoms with E-state index in [1.807, 2.05) is 18.2 Å². The molecule has 1 rings (SSSR count). The first kappa shape index (κ1) is 13.7. The first-order chi connectivity index (χ1) is 4.33. The Hall–Kier alpha value is 0.110. The zero-order chi connectivity index (χ0) is 6.69. The summed E-state index contributed by atoms with van der Waals surface area (Å²) in [6, 6.07) is 7.31. The van der Waals surface area contributed by atoms with Crippen LogP contribution in [0.4, 0.5) is 5.69 Å². The van der Waals surface area contributed by atoms with Gasteiger partial charge in [-0.15, -0.1) is 0 Å². The van der Waals surface area contributed by atoms with E-state index in [2.05, 4.69) is 0 Å². The van der Waals surface area contributed by atoms with Crippen molar-refractivity contribution < 1.29 is 46.7 Å². The second kappa shape index (κ2) is 6.80. The topological polar surface area (TPSA) is 35.2 Å². The maximum atomic E-state index is 5.45. The number of hydrogen-bond donors (Lipinski definition) is 1. The molecule has 0 bridgehead atoms. The number of nitrogens with two attached hydrogens (primary N) is 1. The predicted molar refractivity (Wildman–Crippen MR) is 37.4 cm³/mol. The Morgan fingerprint density at radius 3 is 2.36 bits per heavy atom. The van der Waals surface area contributed by atoms with Crippen molar-refractivity contribution in [3.8, 4) is 5.75 Å². The van der Waals surface area contributed by atoms with Crippen molar-refractivity contribution in [1.82, 2.24) is 0 Å². The number of benzene rings is 1. The Morgan fingerprint density at radius 2 is 2.00 bits per heavy atom. The molecule has 0 saturated carbocycles. The van der Waals surface area contributed by atoms with Crippen LogP contribution in [0.5, 0.6) is 5.75 Å². The number of ether oxygens (including phenoxy) is 1. The third kappa shape index (κ3) is 4.53. The molecule has 2 nitrogen and oxygen atoms in total. The molecule has 0 radical (unpaired) electrons. The summed E-state index contributed by atoms with van der Waals surface area (Å²) in [6.07, 6.45) is 0. The van der Waals surface area contributed by atoms with Gasteiger partial charge < -0.3 is 22.9 Å². The van der Waals surface area contributed by atoms with E-state index in [1.54, 1.807) is 13.2 Å². The molecule has 2 N–H and O–H groups in total. The van der Waals surface area contributed by atoms with Crippen LogP contribution in [-0.4, -0.2) is 7.11 Å². The van der Waals surface area contributed by atoms with Gasteiger partial charge in [-0.1, -0.05) is 6.07 Å². The Labute approximate surface area is 94.8 Å². The van der Waals surface area contributed by atoms with E-state index in [0.29, 0.717) is 0 Å². The van der Waals surface area contributed by atoms with Gasteiger partial charge in [0.1, 0.15) is 5.75 Å². The first-order valence-corrected chi connectivity index (χ1v) is 2.72. The van der Waals surface area contributed by atoms with Gasteiger partial charge in [-0.3, -0.25) is 0 Å². The van der Waals surface area contributed by atoms with Crippen LogP contribution < -0.4 is 52.4 Å². The fourth-order valence-electron chi connectivity index (χ4n) is 0.642. The minimum absolute atomic E-state index is 0. The molecule has 56 valence electrons. The maximum Gasteiger partial charge on any atom is 1.00 e. The summed E-state index contributed by atoms with van der Waals surface area (Å²) < 4.78 is 4.92. The third-order valence-corrected chi connectivity index (χ3v) is 1.09. The summed E-state index contributed by atoms with van der Waals surface area (Å²) in [7, 11) is 1.62. The van der Waals surface area contributed by atoms with Crippen LogP contribution in [-0.2, 0) is 0 Å². The van der Waals surface area contributed by atoms with Crippen molar-refractivity contribution in [2.45, 2.75) is 0 Å². The van der Waals surface area contributed by atoms with Crippen molar-refractivity contribution in [1.29, 1.82) is 0 Å². The number of nitrogen functional groups attached to an aromatic ring is 1. The van der Waals surface area contributed by atoms with Crippen LogP contribution in [0.15, 0.2) is 24.3 Å². The van der Waals surface area contributed by atoms with Gasteiger partial charge in [0.05, 0.1) is 7.11 Å². The zero-order valence-corrected chi connectivity index (χ0v) is 9.43. The molecule has 0 saturated heterocycles. The second-order valence-electron chi connectivity index (χ2n) is 1.78. The molecule has 0 atom stereocenters. The van der Waals surface area contributed by atoms with Crippen LogP contribution >= 0.6 is 0 Å². The molecule has 0 aliphatic heterocycles. The molecule has 0 unspecified atom stereocenters. The number of halogens is 1. The van der Waals surface area contributed by atoms with Crippen LogP contribution in [0.2, 0.25) is 0 Å². The molecule has 0 aromatic heterocycles. The number of rotatable bonds is 1. The number of hydrogen-bond acceptors (Lipinski definition) is 2. The van der Waals surface area contributed by atoms with Gasteiger partial charge in [-0.25, -0.2) is 0 Å². The zero-order valence-electron chi connectivity index (χ0n) is 6.67. The van der Waals surface area contributed by atoms with Crippen molar-refractivity contribution in [2.24, 2.45) is 0 Å². The smallest absolute Gasteiger partial charge is 1.00 e. The molecule has 0 amide bonds. The molecule has 0 aliphatic rings. The summed E-state index contributed by atoms with van der Waals surface area (Å²) in [4.78, 5) is 0. The largest absolute Gasteiger partial charge is 1.00 e. The van der Waals surface area contributed by atoms with Gasteiger partial charge in [0, 0.05) is 11.8 Å². The fraction of sp³-hybridized carbons (Fsp3) is 0.143. The summed E-state index contributed by atoms with van der Waals surface area (Å²) in [5, 5.41) is 0. The summed E-state index contributed by atoms with van der Waals surface area (Å²) in [5.41, 5.74) is 6.19. The standard InChI is InChI=1S/C7H9NO.ClH.Na/c1-9-7-4-2-3-6(8)5-7;;/h2-5H,8H2,1H3;1H;/q;;+1/p-1. The van der Waals surface area contributed by atoms with E-state index in [4.69, 9.17) is 10.5 Å². The van der Waals surface area contributed by atoms with E-state index in [0.717, 1.165) is 11.4 Å². The Morgan fingerprint density at radius 1 is 1.36 bits per heavy atom. The average molecular weight is 182 g/mol. The van der Waals surface area contributed by atoms with Gasteiger partial charge >= 0.3 is 29.6 Å². The first-order valence-electron chi connectivity index (χ1n) is 2.72. The molecule has 0 fully saturated rings. The van der Waals surface area contributed by atoms with Gasteiger partial charge in [0.25, 0.3) is 0 Å². The average Bonchev–Trinajstić information content (AvgIpc) is 1.88. The molecule has 0 spiro atoms. The van der Waals surface area contributed by atoms with Gasteiger partial charge in [-0.05, 0) is 12.1 Å². The van der Waals surface area contributed by atoms with E-state index in [-0.39, 0.29) is 42.0 Å². The number of anilines is 1. The normalized spacial score (nSPS) is 7.36. The van der Waals surface area contributed by atoms with E-state index < -0.39 is 0 Å². The van der Waals surface area contributed by atoms with Gasteiger partial charge in [-0.2, -0.15) is 0 Å². The summed E-state index contributed by atoms with van der Waals surface area (Å²) in [5.74, 6) is 0.801. The molecule has 1 aromatic rings. The maximum absolute atomic E-state index is 5.45. The van der Waals surface area contributed by atoms with Crippen molar-refractivity contribution in [3.63, 3.8) is 0 Å². The second-order valence-corrected chi connectivity index (χ2v) is 1.78. The van der Waals surface area contributed by atoms with Crippen molar-refractivity contribution in [3.05, 3.63) is 24.3 Å². The minimum Gasteiger partial charge on any atom is -1.00 e. The Balaban J connectivity index is 0. The SMILES string of the molecule is COc1cccc(N)c1.[Cl-].[Na+]. The fourth-order valence-corrected chi connectivity index (χ4v) is 0.642. The molecule has 4 heteroatoms. The Kier molecular flexibility index (Phi) is 8.46. The molecule has 0 heterocycles. The van der Waals surface area contributed by atoms with Crippen LogP contribution in [0.25, 0.3) is 0 Å². The molecule has 0 aliphatic carbocycles. The monoisotopic (exact) mass is 181 g/mol. The van der Waals surface area contributed by atoms with E-state index in [1.165, 1.54) is 0 Å². The molecular weight excluding hydrogens is 173 g/mol. The van der Waals surface area contributed by atoms with Crippen LogP contribution in [0, 0.1) is 0 Å². The van der Waals surface area contributed by atoms with E-state index >= 15 is 0 Å². The number of methoxy groups -OCH3 is 1. The summed E-state index contributed by atoms with van der Waals surface area (Å²) >= 11 is 0. The minimum atomic E-state index is 0. The Bertz CT molecular complexity index is 207. The predicted octanol–water partition coefficient (Wildman–Crippen LogP) is -4.71. The molecule has 1 aromatic carbocycles. The third-order valence-electron chi connectivity index (χ3n) is 1.09. The van der Waals surface area contributed by atoms with Crippen LogP contribution in [0.3, 0.4) is 0 Å². The summed E-state index contributed by atoms with van der Waals surface area (Å²) in [6.45, 7) is 0.